The van der Waals surface area contributed by atoms with Crippen LogP contribution in [0.25, 0.3) is 0 Å². The van der Waals surface area contributed by atoms with Crippen LogP contribution < -0.4 is 14.8 Å². The molecule has 29 heavy (non-hydrogen) atoms. The molecule has 2 N–H and O–H groups in total. The second kappa shape index (κ2) is 9.85. The minimum absolute atomic E-state index is 0.167. The lowest BCUT2D eigenvalue weighted by Gasteiger charge is -2.17. The molecule has 0 saturated carbocycles. The molecule has 3 rings (SSSR count). The number of anilines is 1. The third-order valence-corrected chi connectivity index (χ3v) is 4.60. The van der Waals surface area contributed by atoms with E-state index in [0.29, 0.717) is 42.0 Å². The topological polar surface area (TPSA) is 67.8 Å². The van der Waals surface area contributed by atoms with Crippen molar-refractivity contribution >= 4 is 23.3 Å². The van der Waals surface area contributed by atoms with E-state index in [4.69, 9.17) is 21.1 Å². The second-order valence-corrected chi connectivity index (χ2v) is 6.71. The zero-order chi connectivity index (χ0) is 20.6. The molecule has 5 nitrogen and oxygen atoms in total. The fourth-order valence-corrected chi connectivity index (χ4v) is 3.03. The number of aromatic carboxylic acids is 1. The van der Waals surface area contributed by atoms with Crippen LogP contribution in [-0.4, -0.2) is 17.7 Å². The van der Waals surface area contributed by atoms with Crippen molar-refractivity contribution in [3.05, 3.63) is 88.4 Å². The predicted octanol–water partition coefficient (Wildman–Crippen LogP) is 5.63. The molecule has 0 spiro atoms. The monoisotopic (exact) mass is 411 g/mol. The molecule has 0 unspecified atom stereocenters. The van der Waals surface area contributed by atoms with Gasteiger partial charge in [-0.2, -0.15) is 0 Å². The SMILES string of the molecule is CCOc1cccc(CNc2cc(C(=O)O)ccc2Cl)c1OCc1ccccc1. The van der Waals surface area contributed by atoms with Crippen molar-refractivity contribution in [1.82, 2.24) is 0 Å². The lowest BCUT2D eigenvalue weighted by atomic mass is 10.1. The molecule has 3 aromatic rings. The summed E-state index contributed by atoms with van der Waals surface area (Å²) in [7, 11) is 0. The van der Waals surface area contributed by atoms with Gasteiger partial charge in [-0.05, 0) is 36.8 Å². The minimum Gasteiger partial charge on any atom is -0.490 e. The summed E-state index contributed by atoms with van der Waals surface area (Å²) in [4.78, 5) is 11.2. The van der Waals surface area contributed by atoms with E-state index in [2.05, 4.69) is 5.32 Å². The van der Waals surface area contributed by atoms with Gasteiger partial charge in [-0.25, -0.2) is 4.79 Å². The highest BCUT2D eigenvalue weighted by molar-refractivity contribution is 6.33. The van der Waals surface area contributed by atoms with Crippen LogP contribution >= 0.6 is 11.6 Å². The second-order valence-electron chi connectivity index (χ2n) is 6.31. The number of hydrogen-bond donors (Lipinski definition) is 2. The summed E-state index contributed by atoms with van der Waals surface area (Å²) in [6, 6.07) is 20.1. The standard InChI is InChI=1S/C23H22ClNO4/c1-2-28-21-10-6-9-18(22(21)29-15-16-7-4-3-5-8-16)14-25-20-13-17(23(26)27)11-12-19(20)24/h3-13,25H,2,14-15H2,1H3,(H,26,27). The van der Waals surface area contributed by atoms with Gasteiger partial charge in [0.05, 0.1) is 22.9 Å². The summed E-state index contributed by atoms with van der Waals surface area (Å²) in [6.07, 6.45) is 0. The maximum atomic E-state index is 11.2. The number of para-hydroxylation sites is 1. The lowest BCUT2D eigenvalue weighted by molar-refractivity contribution is 0.0697. The van der Waals surface area contributed by atoms with Crippen molar-refractivity contribution in [1.29, 1.82) is 0 Å². The Morgan fingerprint density at radius 3 is 2.55 bits per heavy atom. The molecule has 0 saturated heterocycles. The first-order valence-corrected chi connectivity index (χ1v) is 9.64. The molecule has 0 aliphatic carbocycles. The van der Waals surface area contributed by atoms with E-state index in [1.165, 1.54) is 12.1 Å². The van der Waals surface area contributed by atoms with Crippen molar-refractivity contribution in [2.24, 2.45) is 0 Å². The van der Waals surface area contributed by atoms with Crippen LogP contribution in [0.3, 0.4) is 0 Å². The van der Waals surface area contributed by atoms with Crippen molar-refractivity contribution in [3.8, 4) is 11.5 Å². The summed E-state index contributed by atoms with van der Waals surface area (Å²) < 4.78 is 11.8. The average Bonchev–Trinajstić information content (AvgIpc) is 2.73. The van der Waals surface area contributed by atoms with E-state index in [1.807, 2.05) is 55.5 Å². The quantitative estimate of drug-likeness (QED) is 0.477. The van der Waals surface area contributed by atoms with Gasteiger partial charge in [0, 0.05) is 12.1 Å². The Bertz CT molecular complexity index is 976. The van der Waals surface area contributed by atoms with E-state index >= 15 is 0 Å². The van der Waals surface area contributed by atoms with Crippen LogP contribution in [0.1, 0.15) is 28.4 Å². The largest absolute Gasteiger partial charge is 0.490 e. The van der Waals surface area contributed by atoms with Gasteiger partial charge >= 0.3 is 5.97 Å². The molecule has 3 aromatic carbocycles. The molecule has 150 valence electrons. The Morgan fingerprint density at radius 2 is 1.83 bits per heavy atom. The van der Waals surface area contributed by atoms with Gasteiger partial charge in [-0.1, -0.05) is 54.1 Å². The zero-order valence-electron chi connectivity index (χ0n) is 16.0. The lowest BCUT2D eigenvalue weighted by Crippen LogP contribution is -2.07. The molecule has 0 fully saturated rings. The molecular weight excluding hydrogens is 390 g/mol. The normalized spacial score (nSPS) is 10.4. The van der Waals surface area contributed by atoms with Crippen LogP contribution in [0.5, 0.6) is 11.5 Å². The summed E-state index contributed by atoms with van der Waals surface area (Å²) in [5.41, 5.74) is 2.64. The number of benzene rings is 3. The Labute approximate surface area is 174 Å². The molecule has 0 aliphatic heterocycles. The number of nitrogens with one attached hydrogen (secondary N) is 1. The van der Waals surface area contributed by atoms with Gasteiger partial charge < -0.3 is 19.9 Å². The van der Waals surface area contributed by atoms with E-state index in [1.54, 1.807) is 6.07 Å². The molecule has 0 amide bonds. The number of carboxylic acids is 1. The highest BCUT2D eigenvalue weighted by Crippen LogP contribution is 2.33. The Morgan fingerprint density at radius 1 is 1.03 bits per heavy atom. The van der Waals surface area contributed by atoms with Crippen LogP contribution in [0.2, 0.25) is 5.02 Å². The third-order valence-electron chi connectivity index (χ3n) is 4.27. The van der Waals surface area contributed by atoms with Gasteiger partial charge in [0.2, 0.25) is 0 Å². The smallest absolute Gasteiger partial charge is 0.335 e. The predicted molar refractivity (Wildman–Crippen MR) is 114 cm³/mol. The molecule has 0 heterocycles. The van der Waals surface area contributed by atoms with Crippen LogP contribution in [-0.2, 0) is 13.2 Å². The first-order valence-electron chi connectivity index (χ1n) is 9.26. The molecule has 0 atom stereocenters. The van der Waals surface area contributed by atoms with Crippen LogP contribution in [0, 0.1) is 0 Å². The number of hydrogen-bond acceptors (Lipinski definition) is 4. The van der Waals surface area contributed by atoms with E-state index < -0.39 is 5.97 Å². The van der Waals surface area contributed by atoms with Crippen molar-refractivity contribution in [2.45, 2.75) is 20.1 Å². The van der Waals surface area contributed by atoms with Crippen molar-refractivity contribution in [2.75, 3.05) is 11.9 Å². The number of carbonyl (C=O) groups is 1. The van der Waals surface area contributed by atoms with Gasteiger partial charge in [0.15, 0.2) is 11.5 Å². The third kappa shape index (κ3) is 5.42. The molecule has 0 bridgehead atoms. The van der Waals surface area contributed by atoms with Crippen molar-refractivity contribution < 1.29 is 19.4 Å². The number of rotatable bonds is 9. The maximum Gasteiger partial charge on any atom is 0.335 e. The van der Waals surface area contributed by atoms with Gasteiger partial charge in [-0.15, -0.1) is 0 Å². The zero-order valence-corrected chi connectivity index (χ0v) is 16.8. The molecule has 6 heteroatoms. The molecule has 0 radical (unpaired) electrons. The molecule has 0 aromatic heterocycles. The Balaban J connectivity index is 1.82. The number of ether oxygens (including phenoxy) is 2. The summed E-state index contributed by atoms with van der Waals surface area (Å²) in [5, 5.41) is 12.8. The van der Waals surface area contributed by atoms with Gasteiger partial charge in [0.1, 0.15) is 6.61 Å². The van der Waals surface area contributed by atoms with Gasteiger partial charge in [0.25, 0.3) is 0 Å². The van der Waals surface area contributed by atoms with E-state index in [9.17, 15) is 9.90 Å². The molecular formula is C23H22ClNO4. The van der Waals surface area contributed by atoms with Crippen LogP contribution in [0.4, 0.5) is 5.69 Å². The van der Waals surface area contributed by atoms with Crippen LogP contribution in [0.15, 0.2) is 66.7 Å². The first kappa shape index (κ1) is 20.6. The van der Waals surface area contributed by atoms with Gasteiger partial charge in [-0.3, -0.25) is 0 Å². The Kier molecular flexibility index (Phi) is 6.98. The molecule has 0 aliphatic rings. The number of carboxylic acid groups (broad SMARTS) is 1. The van der Waals surface area contributed by atoms with E-state index in [-0.39, 0.29) is 5.56 Å². The highest BCUT2D eigenvalue weighted by atomic mass is 35.5. The van der Waals surface area contributed by atoms with Crippen molar-refractivity contribution in [3.63, 3.8) is 0 Å². The average molecular weight is 412 g/mol. The minimum atomic E-state index is -1.00. The Hall–Kier alpha value is -3.18. The summed E-state index contributed by atoms with van der Waals surface area (Å²) >= 11 is 6.22. The maximum absolute atomic E-state index is 11.2. The van der Waals surface area contributed by atoms with E-state index in [0.717, 1.165) is 11.1 Å². The summed E-state index contributed by atoms with van der Waals surface area (Å²) in [6.45, 7) is 3.25. The number of halogens is 1. The fourth-order valence-electron chi connectivity index (χ4n) is 2.85. The highest BCUT2D eigenvalue weighted by Gasteiger charge is 2.13. The first-order chi connectivity index (χ1) is 14.1. The summed E-state index contributed by atoms with van der Waals surface area (Å²) in [5.74, 6) is 0.305. The fraction of sp³-hybridized carbons (Fsp3) is 0.174.